The minimum Gasteiger partial charge on any atom is -0.549 e. The zero-order valence-electron chi connectivity index (χ0n) is 6.54. The summed E-state index contributed by atoms with van der Waals surface area (Å²) in [5.74, 6) is 0. The average Bonchev–Trinajstić information content (AvgIpc) is 1.80. The average molecular weight is 221 g/mol. The summed E-state index contributed by atoms with van der Waals surface area (Å²) >= 11 is 0. The van der Waals surface area contributed by atoms with Crippen molar-refractivity contribution in [3.8, 4) is 0 Å². The van der Waals surface area contributed by atoms with Crippen molar-refractivity contribution in [3.63, 3.8) is 0 Å². The van der Waals surface area contributed by atoms with Gasteiger partial charge in [0.05, 0.1) is 0 Å². The van der Waals surface area contributed by atoms with Gasteiger partial charge in [0.2, 0.25) is 0 Å². The number of hydrogen-bond acceptors (Lipinski definition) is 3. The van der Waals surface area contributed by atoms with Gasteiger partial charge in [0.25, 0.3) is 0 Å². The van der Waals surface area contributed by atoms with Gasteiger partial charge in [-0.05, 0) is 6.92 Å². The molecule has 3 nitrogen and oxygen atoms in total. The molecule has 0 aromatic heterocycles. The molecule has 0 aromatic carbocycles. The summed E-state index contributed by atoms with van der Waals surface area (Å²) in [7, 11) is 1.62. The minimum atomic E-state index is 0. The third-order valence-corrected chi connectivity index (χ3v) is 0.712. The van der Waals surface area contributed by atoms with Crippen LogP contribution in [0.5, 0.6) is 0 Å². The van der Waals surface area contributed by atoms with Crippen molar-refractivity contribution in [2.75, 3.05) is 20.3 Å². The molecule has 0 saturated heterocycles. The molecule has 1 radical (unpaired) electrons. The van der Waals surface area contributed by atoms with Crippen LogP contribution >= 0.6 is 0 Å². The number of hydrogen-bond donors (Lipinski definition) is 1. The Bertz CT molecular complexity index is 61.7. The van der Waals surface area contributed by atoms with Crippen LogP contribution in [0.4, 0.5) is 0 Å². The molecule has 0 aliphatic carbocycles. The summed E-state index contributed by atoms with van der Waals surface area (Å²) in [6.45, 7) is 4.57. The van der Waals surface area contributed by atoms with Crippen LogP contribution in [0, 0.1) is 6.61 Å². The molecule has 0 spiro atoms. The van der Waals surface area contributed by atoms with E-state index in [1.165, 1.54) is 0 Å². The van der Waals surface area contributed by atoms with E-state index in [4.69, 9.17) is 15.2 Å². The molecule has 0 amide bonds. The van der Waals surface area contributed by atoms with Crippen molar-refractivity contribution in [1.82, 2.24) is 0 Å². The van der Waals surface area contributed by atoms with Crippen LogP contribution < -0.4 is 5.73 Å². The Hall–Kier alpha value is 0.984. The van der Waals surface area contributed by atoms with Crippen molar-refractivity contribution >= 4 is 0 Å². The van der Waals surface area contributed by atoms with Gasteiger partial charge in [-0.15, -0.1) is 0 Å². The molecule has 0 bridgehead atoms. The third kappa shape index (κ3) is 11.7. The molecule has 0 rings (SSSR count). The fourth-order valence-electron chi connectivity index (χ4n) is 0.336. The molecule has 10 heavy (non-hydrogen) atoms. The van der Waals surface area contributed by atoms with Crippen molar-refractivity contribution in [3.05, 3.63) is 6.61 Å². The minimum absolute atomic E-state index is 0. The van der Waals surface area contributed by atoms with Crippen molar-refractivity contribution in [1.29, 1.82) is 0 Å². The Morgan fingerprint density at radius 1 is 1.60 bits per heavy atom. The maximum Gasteiger partial charge on any atom is 0.0320 e. The molecule has 4 heteroatoms. The first-order chi connectivity index (χ1) is 4.27. The molecular formula is C6H14NO2Y-. The molecule has 0 aliphatic rings. The summed E-state index contributed by atoms with van der Waals surface area (Å²) < 4.78 is 9.66. The largest absolute Gasteiger partial charge is 0.549 e. The molecular weight excluding hydrogens is 207 g/mol. The fraction of sp³-hybridized carbons (Fsp3) is 0.833. The van der Waals surface area contributed by atoms with Crippen LogP contribution in [-0.2, 0) is 42.2 Å². The maximum absolute atomic E-state index is 5.39. The van der Waals surface area contributed by atoms with E-state index in [1.807, 2.05) is 6.92 Å². The van der Waals surface area contributed by atoms with Gasteiger partial charge in [-0.2, -0.15) is 6.61 Å². The van der Waals surface area contributed by atoms with Gasteiger partial charge in [-0.3, -0.25) is 0 Å². The predicted molar refractivity (Wildman–Crippen MR) is 35.8 cm³/mol. The van der Waals surface area contributed by atoms with Crippen molar-refractivity contribution in [2.45, 2.75) is 13.0 Å². The van der Waals surface area contributed by atoms with Crippen LogP contribution in [0.2, 0.25) is 0 Å². The predicted octanol–water partition coefficient (Wildman–Crippen LogP) is 0.156. The number of nitrogens with two attached hydrogens (primary N) is 1. The Morgan fingerprint density at radius 2 is 2.20 bits per heavy atom. The van der Waals surface area contributed by atoms with Gasteiger partial charge in [0.15, 0.2) is 0 Å². The second-order valence-electron chi connectivity index (χ2n) is 1.93. The molecule has 59 valence electrons. The van der Waals surface area contributed by atoms with Gasteiger partial charge < -0.3 is 15.2 Å². The molecule has 1 atom stereocenters. The SMILES string of the molecule is COC[CH-]OCC(C)N.[Y]. The van der Waals surface area contributed by atoms with E-state index in [0.717, 1.165) is 0 Å². The van der Waals surface area contributed by atoms with Crippen molar-refractivity contribution in [2.24, 2.45) is 5.73 Å². The number of ether oxygens (including phenoxy) is 2. The summed E-state index contributed by atoms with van der Waals surface area (Å²) in [5, 5.41) is 0. The maximum atomic E-state index is 5.39. The van der Waals surface area contributed by atoms with E-state index in [9.17, 15) is 0 Å². The zero-order chi connectivity index (χ0) is 7.11. The molecule has 0 heterocycles. The topological polar surface area (TPSA) is 44.5 Å². The summed E-state index contributed by atoms with van der Waals surface area (Å²) in [6, 6.07) is 0.0955. The normalized spacial score (nSPS) is 12.3. The Balaban J connectivity index is 0. The first kappa shape index (κ1) is 13.6. The summed E-state index contributed by atoms with van der Waals surface area (Å²) in [5.41, 5.74) is 5.39. The van der Waals surface area contributed by atoms with E-state index in [2.05, 4.69) is 0 Å². The molecule has 1 unspecified atom stereocenters. The Morgan fingerprint density at radius 3 is 2.60 bits per heavy atom. The molecule has 0 fully saturated rings. The van der Waals surface area contributed by atoms with Crippen LogP contribution in [0.25, 0.3) is 0 Å². The van der Waals surface area contributed by atoms with Gasteiger partial charge >= 0.3 is 0 Å². The van der Waals surface area contributed by atoms with Gasteiger partial charge in [0.1, 0.15) is 0 Å². The first-order valence-corrected chi connectivity index (χ1v) is 2.95. The van der Waals surface area contributed by atoms with Gasteiger partial charge in [-0.1, -0.05) is 6.61 Å². The first-order valence-electron chi connectivity index (χ1n) is 2.95. The number of methoxy groups -OCH3 is 1. The quantitative estimate of drug-likeness (QED) is 0.531. The van der Waals surface area contributed by atoms with E-state index in [-0.39, 0.29) is 38.8 Å². The van der Waals surface area contributed by atoms with Crippen LogP contribution in [-0.4, -0.2) is 26.4 Å². The van der Waals surface area contributed by atoms with Crippen LogP contribution in [0.1, 0.15) is 6.92 Å². The van der Waals surface area contributed by atoms with E-state index in [0.29, 0.717) is 13.2 Å². The van der Waals surface area contributed by atoms with E-state index >= 15 is 0 Å². The fourth-order valence-corrected chi connectivity index (χ4v) is 0.336. The van der Waals surface area contributed by atoms with Crippen LogP contribution in [0.3, 0.4) is 0 Å². The van der Waals surface area contributed by atoms with E-state index in [1.54, 1.807) is 13.7 Å². The monoisotopic (exact) mass is 221 g/mol. The Labute approximate surface area is 87.5 Å². The van der Waals surface area contributed by atoms with E-state index < -0.39 is 0 Å². The number of rotatable bonds is 5. The van der Waals surface area contributed by atoms with Gasteiger partial charge in [0, 0.05) is 52.5 Å². The Kier molecular flexibility index (Phi) is 13.5. The second-order valence-corrected chi connectivity index (χ2v) is 1.93. The standard InChI is InChI=1S/C6H14NO2.Y/c1-6(7)5-9-4-3-8-2;/h4,6H,3,5,7H2,1-2H3;/q-1;. The molecule has 0 aromatic rings. The molecule has 0 saturated carbocycles. The van der Waals surface area contributed by atoms with Gasteiger partial charge in [-0.25, -0.2) is 0 Å². The second kappa shape index (κ2) is 9.98. The molecule has 2 N–H and O–H groups in total. The summed E-state index contributed by atoms with van der Waals surface area (Å²) in [6.07, 6.45) is 0. The smallest absolute Gasteiger partial charge is 0.0320 e. The molecule has 0 aliphatic heterocycles. The van der Waals surface area contributed by atoms with Crippen molar-refractivity contribution < 1.29 is 42.2 Å². The van der Waals surface area contributed by atoms with Crippen LogP contribution in [0.15, 0.2) is 0 Å². The third-order valence-electron chi connectivity index (χ3n) is 0.712. The zero-order valence-corrected chi connectivity index (χ0v) is 9.38. The summed E-state index contributed by atoms with van der Waals surface area (Å²) in [4.78, 5) is 0.